The Bertz CT molecular complexity index is 803. The van der Waals surface area contributed by atoms with Crippen molar-refractivity contribution >= 4 is 17.2 Å². The second-order valence-corrected chi connectivity index (χ2v) is 8.44. The third-order valence-electron chi connectivity index (χ3n) is 5.32. The van der Waals surface area contributed by atoms with Gasteiger partial charge in [-0.3, -0.25) is 4.79 Å². The summed E-state index contributed by atoms with van der Waals surface area (Å²) in [7, 11) is 0. The molecule has 1 amide bonds. The van der Waals surface area contributed by atoms with Crippen LogP contribution in [-0.2, 0) is 4.74 Å². The summed E-state index contributed by atoms with van der Waals surface area (Å²) in [5.41, 5.74) is 0.612. The molecule has 1 atom stereocenters. The summed E-state index contributed by atoms with van der Waals surface area (Å²) >= 11 is 1.48. The predicted octanol–water partition coefficient (Wildman–Crippen LogP) is 2.78. The van der Waals surface area contributed by atoms with Crippen molar-refractivity contribution in [3.05, 3.63) is 34.0 Å². The van der Waals surface area contributed by atoms with Crippen LogP contribution in [0.1, 0.15) is 46.1 Å². The van der Waals surface area contributed by atoms with E-state index in [1.807, 2.05) is 18.7 Å². The molecule has 27 heavy (non-hydrogen) atoms. The first-order valence-corrected chi connectivity index (χ1v) is 10.2. The molecule has 8 heteroatoms. The second-order valence-electron chi connectivity index (χ2n) is 7.24. The number of amides is 1. The quantitative estimate of drug-likeness (QED) is 0.805. The van der Waals surface area contributed by atoms with Crippen LogP contribution in [0, 0.1) is 13.8 Å². The van der Waals surface area contributed by atoms with Gasteiger partial charge in [-0.05, 0) is 32.8 Å². The maximum Gasteiger partial charge on any atom is 0.316 e. The van der Waals surface area contributed by atoms with E-state index in [2.05, 4.69) is 15.0 Å². The number of likely N-dealkylation sites (tertiary alicyclic amines) is 1. The van der Waals surface area contributed by atoms with E-state index in [1.165, 1.54) is 11.3 Å². The summed E-state index contributed by atoms with van der Waals surface area (Å²) in [6.07, 6.45) is 6.72. The van der Waals surface area contributed by atoms with Crippen molar-refractivity contribution in [3.8, 4) is 6.01 Å². The van der Waals surface area contributed by atoms with Crippen LogP contribution in [0.4, 0.5) is 0 Å². The molecule has 0 aliphatic carbocycles. The van der Waals surface area contributed by atoms with Gasteiger partial charge in [0.15, 0.2) is 0 Å². The van der Waals surface area contributed by atoms with Gasteiger partial charge in [-0.15, -0.1) is 11.3 Å². The second kappa shape index (κ2) is 7.52. The zero-order valence-corrected chi connectivity index (χ0v) is 16.5. The lowest BCUT2D eigenvalue weighted by molar-refractivity contribution is -0.135. The summed E-state index contributed by atoms with van der Waals surface area (Å²) in [6.45, 7) is 5.90. The highest BCUT2D eigenvalue weighted by molar-refractivity contribution is 7.13. The van der Waals surface area contributed by atoms with Gasteiger partial charge in [0.25, 0.3) is 5.91 Å². The highest BCUT2D eigenvalue weighted by atomic mass is 32.1. The van der Waals surface area contributed by atoms with Crippen LogP contribution in [0.25, 0.3) is 0 Å². The van der Waals surface area contributed by atoms with Gasteiger partial charge in [0, 0.05) is 38.3 Å². The van der Waals surface area contributed by atoms with Crippen LogP contribution in [0.3, 0.4) is 0 Å². The Kier molecular flexibility index (Phi) is 5.10. The Balaban J connectivity index is 1.37. The van der Waals surface area contributed by atoms with Gasteiger partial charge in [-0.25, -0.2) is 15.0 Å². The maximum atomic E-state index is 12.8. The summed E-state index contributed by atoms with van der Waals surface area (Å²) in [5, 5.41) is 0.933. The largest absolute Gasteiger partial charge is 0.460 e. The Labute approximate surface area is 162 Å². The van der Waals surface area contributed by atoms with Crippen LogP contribution in [0.5, 0.6) is 6.01 Å². The fourth-order valence-electron chi connectivity index (χ4n) is 3.92. The number of thiazole rings is 1. The molecule has 2 aromatic rings. The van der Waals surface area contributed by atoms with Crippen molar-refractivity contribution < 1.29 is 14.3 Å². The van der Waals surface area contributed by atoms with Crippen molar-refractivity contribution in [2.45, 2.75) is 51.2 Å². The van der Waals surface area contributed by atoms with Crippen LogP contribution >= 0.6 is 11.3 Å². The van der Waals surface area contributed by atoms with E-state index in [4.69, 9.17) is 9.47 Å². The van der Waals surface area contributed by atoms with Crippen molar-refractivity contribution in [1.82, 2.24) is 19.9 Å². The Morgan fingerprint density at radius 3 is 2.70 bits per heavy atom. The van der Waals surface area contributed by atoms with Crippen LogP contribution < -0.4 is 4.74 Å². The highest BCUT2D eigenvalue weighted by Gasteiger charge is 2.42. The molecule has 4 heterocycles. The summed E-state index contributed by atoms with van der Waals surface area (Å²) in [4.78, 5) is 28.2. The Hall–Kier alpha value is -2.06. The molecule has 2 aromatic heterocycles. The topological polar surface area (TPSA) is 77.4 Å². The van der Waals surface area contributed by atoms with Crippen LogP contribution in [0.2, 0.25) is 0 Å². The molecular weight excluding hydrogens is 364 g/mol. The molecule has 1 spiro atoms. The molecule has 144 valence electrons. The van der Waals surface area contributed by atoms with Crippen molar-refractivity contribution in [2.75, 3.05) is 19.7 Å². The molecule has 7 nitrogen and oxygen atoms in total. The smallest absolute Gasteiger partial charge is 0.316 e. The maximum absolute atomic E-state index is 12.8. The lowest BCUT2D eigenvalue weighted by atomic mass is 9.83. The number of aromatic nitrogens is 3. The monoisotopic (exact) mass is 388 g/mol. The van der Waals surface area contributed by atoms with Gasteiger partial charge in [-0.2, -0.15) is 0 Å². The van der Waals surface area contributed by atoms with Gasteiger partial charge in [0.2, 0.25) is 0 Å². The number of hydrogen-bond acceptors (Lipinski definition) is 7. The molecule has 1 unspecified atom stereocenters. The molecular formula is C19H24N4O3S. The van der Waals surface area contributed by atoms with Crippen molar-refractivity contribution in [3.63, 3.8) is 0 Å². The van der Waals surface area contributed by atoms with E-state index >= 15 is 0 Å². The molecule has 2 fully saturated rings. The van der Waals surface area contributed by atoms with Crippen molar-refractivity contribution in [1.29, 1.82) is 0 Å². The van der Waals surface area contributed by atoms with Gasteiger partial charge >= 0.3 is 6.01 Å². The molecule has 0 aromatic carbocycles. The van der Waals surface area contributed by atoms with E-state index in [9.17, 15) is 4.79 Å². The summed E-state index contributed by atoms with van der Waals surface area (Å²) < 4.78 is 12.1. The first-order chi connectivity index (χ1) is 13.0. The molecule has 4 rings (SSSR count). The number of rotatable bonds is 3. The number of nitrogens with zero attached hydrogens (tertiary/aromatic N) is 4. The number of aryl methyl sites for hydroxylation is 2. The minimum absolute atomic E-state index is 0.0507. The normalized spacial score (nSPS) is 22.0. The molecule has 0 bridgehead atoms. The van der Waals surface area contributed by atoms with E-state index < -0.39 is 0 Å². The lowest BCUT2D eigenvalue weighted by Crippen LogP contribution is -2.52. The molecule has 0 saturated carbocycles. The molecule has 0 radical (unpaired) electrons. The zero-order chi connectivity index (χ0) is 18.9. The van der Waals surface area contributed by atoms with Gasteiger partial charge in [0.05, 0.1) is 22.9 Å². The third-order valence-corrected chi connectivity index (χ3v) is 6.38. The SMILES string of the molecule is Cc1nc(C)c(C(=O)N2CCC3(CC2)CC(Oc2ncccn2)CCO3)s1. The third kappa shape index (κ3) is 3.96. The minimum Gasteiger partial charge on any atom is -0.460 e. The van der Waals surface area contributed by atoms with Gasteiger partial charge in [-0.1, -0.05) is 0 Å². The Morgan fingerprint density at radius 1 is 1.30 bits per heavy atom. The molecule has 0 N–H and O–H groups in total. The Morgan fingerprint density at radius 2 is 2.04 bits per heavy atom. The highest BCUT2D eigenvalue weighted by Crippen LogP contribution is 2.36. The molecule has 2 aliphatic rings. The molecule has 2 aliphatic heterocycles. The van der Waals surface area contributed by atoms with Crippen LogP contribution in [0.15, 0.2) is 18.5 Å². The number of carbonyl (C=O) groups excluding carboxylic acids is 1. The first kappa shape index (κ1) is 18.3. The minimum atomic E-state index is -0.215. The van der Waals surface area contributed by atoms with E-state index in [0.29, 0.717) is 25.7 Å². The fourth-order valence-corrected chi connectivity index (χ4v) is 4.81. The number of piperidine rings is 1. The number of carbonyl (C=O) groups is 1. The average Bonchev–Trinajstić information content (AvgIpc) is 3.01. The van der Waals surface area contributed by atoms with E-state index in [1.54, 1.807) is 18.5 Å². The van der Waals surface area contributed by atoms with E-state index in [-0.39, 0.29) is 17.6 Å². The number of hydrogen-bond donors (Lipinski definition) is 0. The lowest BCUT2D eigenvalue weighted by Gasteiger charge is -2.45. The predicted molar refractivity (Wildman–Crippen MR) is 101 cm³/mol. The van der Waals surface area contributed by atoms with Gasteiger partial charge < -0.3 is 14.4 Å². The zero-order valence-electron chi connectivity index (χ0n) is 15.7. The van der Waals surface area contributed by atoms with E-state index in [0.717, 1.165) is 41.3 Å². The summed E-state index contributed by atoms with van der Waals surface area (Å²) in [5.74, 6) is 0.0919. The summed E-state index contributed by atoms with van der Waals surface area (Å²) in [6, 6.07) is 2.19. The average molecular weight is 388 g/mol. The fraction of sp³-hybridized carbons (Fsp3) is 0.579. The van der Waals surface area contributed by atoms with Crippen molar-refractivity contribution in [2.24, 2.45) is 0 Å². The molecule has 2 saturated heterocycles. The number of ether oxygens (including phenoxy) is 2. The van der Waals surface area contributed by atoms with Crippen LogP contribution in [-0.4, -0.2) is 57.2 Å². The first-order valence-electron chi connectivity index (χ1n) is 9.36. The standard InChI is InChI=1S/C19H24N4O3S/c1-13-16(27-14(2)22-13)17(24)23-9-5-19(6-10-23)12-15(4-11-25-19)26-18-20-7-3-8-21-18/h3,7-8,15H,4-6,9-12H2,1-2H3. The van der Waals surface area contributed by atoms with Gasteiger partial charge in [0.1, 0.15) is 11.0 Å².